The maximum Gasteiger partial charge on any atom is 0.325 e. The number of thiol groups is 1. The number of rotatable bonds is 2. The van der Waals surface area contributed by atoms with Gasteiger partial charge in [-0.05, 0) is 23.6 Å². The zero-order valence-electron chi connectivity index (χ0n) is 21.9. The van der Waals surface area contributed by atoms with E-state index in [9.17, 15) is 14.5 Å². The second-order valence-electron chi connectivity index (χ2n) is 10.1. The van der Waals surface area contributed by atoms with Gasteiger partial charge >= 0.3 is 6.72 Å². The topological polar surface area (TPSA) is 212 Å². The molecule has 43 heavy (non-hydrogen) atoms. The van der Waals surface area contributed by atoms with Crippen LogP contribution in [0, 0.1) is 0 Å². The van der Waals surface area contributed by atoms with Gasteiger partial charge in [0.25, 0.3) is 5.56 Å². The predicted molar refractivity (Wildman–Crippen MR) is 160 cm³/mol. The molecule has 2 bridgehead atoms. The predicted octanol–water partition coefficient (Wildman–Crippen LogP) is 1.65. The maximum absolute atomic E-state index is 12.3. The Hall–Kier alpha value is -1.93. The number of aromatic nitrogens is 6. The molecule has 4 aliphatic heterocycles. The summed E-state index contributed by atoms with van der Waals surface area (Å²) < 4.78 is 39.4. The average Bonchev–Trinajstić information content (AvgIpc) is 3.71. The van der Waals surface area contributed by atoms with Gasteiger partial charge in [0.15, 0.2) is 34.7 Å². The molecule has 0 saturated carbocycles. The van der Waals surface area contributed by atoms with E-state index in [2.05, 4.69) is 37.2 Å². The number of nitrogens with two attached hydrogens (primary N) is 1. The lowest BCUT2D eigenvalue weighted by Crippen LogP contribution is -2.29. The Balaban J connectivity index is 1.16. The van der Waals surface area contributed by atoms with Crippen molar-refractivity contribution in [3.8, 4) is 0 Å². The summed E-state index contributed by atoms with van der Waals surface area (Å²) in [4.78, 5) is 54.9. The molecular weight excluding hydrogens is 666 g/mol. The average molecular weight is 691 g/mol. The number of ketones is 1. The van der Waals surface area contributed by atoms with Gasteiger partial charge in [-0.25, -0.2) is 15.0 Å². The highest BCUT2D eigenvalue weighted by atomic mass is 32.9. The SMILES string of the molecule is Nc1nc2c(ncn2[C@@H]2O[C@@H]3COP(=S)(S)O[C@H]4C[C@H](n5cnc6c5N=CCC6=O)O[C@@H]4COP(O)(=S)O[C@@H]2C3)c(=O)[nH]1. The monoisotopic (exact) mass is 690 g/mol. The Bertz CT molecular complexity index is 1800. The van der Waals surface area contributed by atoms with Crippen LogP contribution in [0.15, 0.2) is 22.4 Å². The van der Waals surface area contributed by atoms with Crippen LogP contribution in [0.3, 0.4) is 0 Å². The number of anilines is 1. The number of nitrogen functional groups attached to an aromatic ring is 1. The molecule has 4 N–H and O–H groups in total. The molecule has 0 aromatic carbocycles. The Morgan fingerprint density at radius 3 is 2.70 bits per heavy atom. The fraction of sp³-hybridized carbons (Fsp3) is 0.524. The van der Waals surface area contributed by atoms with Crippen LogP contribution in [0.2, 0.25) is 0 Å². The number of nitrogens with one attached hydrogen (secondary N) is 1. The van der Waals surface area contributed by atoms with Crippen LogP contribution in [0.25, 0.3) is 11.2 Å². The van der Waals surface area contributed by atoms with E-state index in [1.54, 1.807) is 4.57 Å². The third-order valence-electron chi connectivity index (χ3n) is 7.25. The summed E-state index contributed by atoms with van der Waals surface area (Å²) in [6.45, 7) is -4.15. The number of fused-ring (bicyclic) bond motifs is 5. The number of H-pyrrole nitrogens is 1. The molecule has 3 saturated heterocycles. The molecule has 3 fully saturated rings. The second kappa shape index (κ2) is 11.1. The van der Waals surface area contributed by atoms with Crippen LogP contribution >= 0.6 is 24.7 Å². The van der Waals surface area contributed by atoms with Crippen LogP contribution in [0.4, 0.5) is 11.8 Å². The number of aromatic amines is 1. The van der Waals surface area contributed by atoms with Gasteiger partial charge < -0.3 is 38.2 Å². The van der Waals surface area contributed by atoms with Crippen molar-refractivity contribution in [1.82, 2.24) is 29.1 Å². The van der Waals surface area contributed by atoms with Crippen LogP contribution in [0.5, 0.6) is 0 Å². The largest absolute Gasteiger partial charge is 0.369 e. The Morgan fingerprint density at radius 2 is 1.86 bits per heavy atom. The number of carbonyl (C=O) groups excluding carboxylic acids is 1. The number of hydrogen-bond acceptors (Lipinski definition) is 15. The van der Waals surface area contributed by atoms with Crippen molar-refractivity contribution in [3.05, 3.63) is 28.7 Å². The zero-order chi connectivity index (χ0) is 30.1. The van der Waals surface area contributed by atoms with Crippen molar-refractivity contribution in [2.24, 2.45) is 4.99 Å². The van der Waals surface area contributed by atoms with Gasteiger partial charge in [0.1, 0.15) is 18.4 Å². The molecule has 8 atom stereocenters. The van der Waals surface area contributed by atoms with Crippen molar-refractivity contribution >= 4 is 83.2 Å². The Labute approximate surface area is 257 Å². The second-order valence-corrected chi connectivity index (χ2v) is 18.1. The minimum atomic E-state index is -3.90. The van der Waals surface area contributed by atoms with Crippen molar-refractivity contribution in [1.29, 1.82) is 0 Å². The molecule has 2 unspecified atom stereocenters. The molecule has 230 valence electrons. The molecule has 3 aromatic rings. The maximum atomic E-state index is 12.3. The Morgan fingerprint density at radius 1 is 1.05 bits per heavy atom. The molecule has 22 heteroatoms. The lowest BCUT2D eigenvalue weighted by atomic mass is 10.2. The van der Waals surface area contributed by atoms with Gasteiger partial charge in [-0.3, -0.25) is 23.7 Å². The molecule has 4 aliphatic rings. The number of ether oxygens (including phenoxy) is 2. The molecule has 7 rings (SSSR count). The number of imidazole rings is 2. The van der Waals surface area contributed by atoms with E-state index < -0.39 is 54.8 Å². The first-order chi connectivity index (χ1) is 20.5. The standard InChI is InChI=1S/C21H24N8O9P2S3/c22-21-26-18-16(19(31)27-21)25-8-29(18)20-12-3-9(35-20)5-34-40(42,43)38-11-4-14(36-13(11)6-33-39(32,41)37-12)28-7-24-15-10(30)1-2-23-17(15)28/h2,7-9,11-14,20H,1,3-6H2,(H,32,41)(H,42,43)(H3,22,26,27,31)/t9-,11-,12+,13+,14+,20+,39?/m0/s1. The molecular formula is C21H24N8O9P2S3. The third-order valence-corrected chi connectivity index (χ3v) is 11.0. The molecule has 0 radical (unpaired) electrons. The van der Waals surface area contributed by atoms with E-state index in [1.807, 2.05) is 0 Å². The summed E-state index contributed by atoms with van der Waals surface area (Å²) in [5, 5.41) is 0. The van der Waals surface area contributed by atoms with Crippen molar-refractivity contribution in [2.75, 3.05) is 18.9 Å². The molecule has 3 aromatic heterocycles. The molecule has 0 aliphatic carbocycles. The van der Waals surface area contributed by atoms with E-state index in [0.29, 0.717) is 5.82 Å². The van der Waals surface area contributed by atoms with E-state index in [-0.39, 0.29) is 61.1 Å². The first-order valence-corrected chi connectivity index (χ1v) is 19.3. The quantitative estimate of drug-likeness (QED) is 0.222. The zero-order valence-corrected chi connectivity index (χ0v) is 26.2. The fourth-order valence-corrected chi connectivity index (χ4v) is 8.87. The van der Waals surface area contributed by atoms with E-state index in [0.717, 1.165) is 0 Å². The molecule has 7 heterocycles. The van der Waals surface area contributed by atoms with Crippen molar-refractivity contribution in [3.63, 3.8) is 0 Å². The summed E-state index contributed by atoms with van der Waals surface area (Å²) in [6.07, 6.45) is 0.528. The van der Waals surface area contributed by atoms with Gasteiger partial charge in [0.05, 0.1) is 38.1 Å². The number of aliphatic imine (C=N–C) groups is 1. The van der Waals surface area contributed by atoms with Gasteiger partial charge in [-0.1, -0.05) is 12.2 Å². The molecule has 17 nitrogen and oxygen atoms in total. The summed E-state index contributed by atoms with van der Waals surface area (Å²) in [5.41, 5.74) is 2.51. The minimum Gasteiger partial charge on any atom is -0.369 e. The number of nitrogens with zero attached hydrogens (tertiary/aromatic N) is 6. The highest BCUT2D eigenvalue weighted by Crippen LogP contribution is 2.58. The minimum absolute atomic E-state index is 0.0252. The summed E-state index contributed by atoms with van der Waals surface area (Å²) in [6, 6.07) is 0. The van der Waals surface area contributed by atoms with Crippen LogP contribution < -0.4 is 11.3 Å². The van der Waals surface area contributed by atoms with Crippen LogP contribution in [0.1, 0.15) is 42.2 Å². The van der Waals surface area contributed by atoms with E-state index in [1.165, 1.54) is 23.4 Å². The lowest BCUT2D eigenvalue weighted by Gasteiger charge is -2.27. The lowest BCUT2D eigenvalue weighted by molar-refractivity contribution is -0.0563. The Kier molecular flexibility index (Phi) is 7.72. The van der Waals surface area contributed by atoms with Gasteiger partial charge in [-0.15, -0.1) is 0 Å². The van der Waals surface area contributed by atoms with Crippen LogP contribution in [-0.2, 0) is 51.2 Å². The highest BCUT2D eigenvalue weighted by Gasteiger charge is 2.46. The van der Waals surface area contributed by atoms with E-state index in [4.69, 9.17) is 56.9 Å². The number of Topliss-reactive ketones (excluding diaryl/α,β-unsaturated/α-hetero) is 1. The number of carbonyl (C=O) groups is 1. The normalized spacial score (nSPS) is 36.6. The van der Waals surface area contributed by atoms with Gasteiger partial charge in [0, 0.05) is 25.5 Å². The highest BCUT2D eigenvalue weighted by molar-refractivity contribution is 8.60. The first kappa shape index (κ1) is 29.8. The smallest absolute Gasteiger partial charge is 0.325 e. The van der Waals surface area contributed by atoms with Crippen molar-refractivity contribution in [2.45, 2.75) is 56.1 Å². The fourth-order valence-electron chi connectivity index (χ4n) is 5.37. The van der Waals surface area contributed by atoms with Gasteiger partial charge in [0.2, 0.25) is 11.6 Å². The summed E-state index contributed by atoms with van der Waals surface area (Å²) >= 11 is 15.5. The number of hydrogen-bond donors (Lipinski definition) is 4. The van der Waals surface area contributed by atoms with E-state index >= 15 is 0 Å². The summed E-state index contributed by atoms with van der Waals surface area (Å²) in [7, 11) is 0. The van der Waals surface area contributed by atoms with Gasteiger partial charge in [-0.2, -0.15) is 4.98 Å². The third kappa shape index (κ3) is 5.80. The molecule has 0 amide bonds. The van der Waals surface area contributed by atoms with Crippen LogP contribution in [-0.4, -0.2) is 83.6 Å². The summed E-state index contributed by atoms with van der Waals surface area (Å²) in [5.74, 6) is 0.114. The van der Waals surface area contributed by atoms with Crippen molar-refractivity contribution < 1.29 is 37.3 Å². The molecule has 0 spiro atoms. The first-order valence-electron chi connectivity index (χ1n) is 12.9.